The zero-order valence-corrected chi connectivity index (χ0v) is 9.99. The number of imide groups is 1. The van der Waals surface area contributed by atoms with Crippen LogP contribution < -0.4 is 0 Å². The van der Waals surface area contributed by atoms with Crippen molar-refractivity contribution < 1.29 is 14.3 Å². The second kappa shape index (κ2) is 4.25. The summed E-state index contributed by atoms with van der Waals surface area (Å²) in [5.41, 5.74) is 0. The van der Waals surface area contributed by atoms with Gasteiger partial charge in [0.1, 0.15) is 12.6 Å². The minimum Gasteiger partial charge on any atom is -0.446 e. The van der Waals surface area contributed by atoms with Crippen LogP contribution >= 0.6 is 11.3 Å². The van der Waals surface area contributed by atoms with Crippen molar-refractivity contribution in [2.45, 2.75) is 19.9 Å². The fourth-order valence-corrected chi connectivity index (χ4v) is 2.44. The van der Waals surface area contributed by atoms with Gasteiger partial charge < -0.3 is 4.74 Å². The Morgan fingerprint density at radius 2 is 2.38 bits per heavy atom. The van der Waals surface area contributed by atoms with E-state index in [2.05, 4.69) is 0 Å². The smallest absolute Gasteiger partial charge is 0.417 e. The Kier molecular flexibility index (Phi) is 2.96. The van der Waals surface area contributed by atoms with Crippen molar-refractivity contribution >= 4 is 23.3 Å². The van der Waals surface area contributed by atoms with Gasteiger partial charge in [-0.25, -0.2) is 9.69 Å². The Morgan fingerprint density at radius 3 is 2.94 bits per heavy atom. The van der Waals surface area contributed by atoms with Crippen LogP contribution in [0, 0.1) is 5.92 Å². The van der Waals surface area contributed by atoms with Crippen LogP contribution in [-0.4, -0.2) is 23.5 Å². The Labute approximate surface area is 97.8 Å². The number of carbonyl (C=O) groups is 2. The van der Waals surface area contributed by atoms with Crippen molar-refractivity contribution in [3.8, 4) is 0 Å². The molecule has 16 heavy (non-hydrogen) atoms. The van der Waals surface area contributed by atoms with Crippen LogP contribution in [0.5, 0.6) is 0 Å². The lowest BCUT2D eigenvalue weighted by molar-refractivity contribution is -0.132. The van der Waals surface area contributed by atoms with E-state index in [1.807, 2.05) is 17.5 Å². The van der Waals surface area contributed by atoms with Gasteiger partial charge in [-0.3, -0.25) is 4.79 Å². The third kappa shape index (κ3) is 1.82. The van der Waals surface area contributed by atoms with Gasteiger partial charge in [-0.15, -0.1) is 11.3 Å². The monoisotopic (exact) mass is 239 g/mol. The average Bonchev–Trinajstić information content (AvgIpc) is 2.84. The lowest BCUT2D eigenvalue weighted by atomic mass is 10.1. The Morgan fingerprint density at radius 1 is 1.62 bits per heavy atom. The summed E-state index contributed by atoms with van der Waals surface area (Å²) in [6.07, 6.45) is -0.530. The molecule has 1 saturated heterocycles. The first-order chi connectivity index (χ1) is 7.61. The Hall–Kier alpha value is -1.36. The Bertz CT molecular complexity index is 399. The van der Waals surface area contributed by atoms with Crippen molar-refractivity contribution in [2.24, 2.45) is 5.92 Å². The highest BCUT2D eigenvalue weighted by Gasteiger charge is 2.40. The number of hydrogen-bond donors (Lipinski definition) is 0. The molecule has 2 amide bonds. The Balaban J connectivity index is 2.26. The van der Waals surface area contributed by atoms with Gasteiger partial charge in [0.05, 0.1) is 0 Å². The van der Waals surface area contributed by atoms with Crippen LogP contribution in [0.15, 0.2) is 17.5 Å². The van der Waals surface area contributed by atoms with Crippen molar-refractivity contribution in [1.29, 1.82) is 0 Å². The first-order valence-electron chi connectivity index (χ1n) is 5.14. The van der Waals surface area contributed by atoms with Gasteiger partial charge in [0, 0.05) is 10.8 Å². The molecule has 1 aliphatic rings. The van der Waals surface area contributed by atoms with Crippen LogP contribution in [0.3, 0.4) is 0 Å². The zero-order valence-electron chi connectivity index (χ0n) is 9.17. The van der Waals surface area contributed by atoms with Gasteiger partial charge in [0.2, 0.25) is 5.91 Å². The van der Waals surface area contributed by atoms with Gasteiger partial charge in [-0.2, -0.15) is 0 Å². The normalized spacial score (nSPS) is 20.3. The molecule has 1 aromatic rings. The first-order valence-corrected chi connectivity index (χ1v) is 6.02. The molecule has 0 N–H and O–H groups in total. The molecule has 0 saturated carbocycles. The SMILES string of the molecule is CC(C)C(=O)N1C(=O)OC[C@@H]1c1cccs1. The molecule has 0 bridgehead atoms. The standard InChI is InChI=1S/C11H13NO3S/c1-7(2)10(13)12-8(6-15-11(12)14)9-4-3-5-16-9/h3-5,7-8H,6H2,1-2H3/t8-/m1/s1. The summed E-state index contributed by atoms with van der Waals surface area (Å²) in [5.74, 6) is -0.381. The molecule has 4 nitrogen and oxygen atoms in total. The van der Waals surface area contributed by atoms with E-state index >= 15 is 0 Å². The molecule has 1 aromatic heterocycles. The van der Waals surface area contributed by atoms with E-state index in [4.69, 9.17) is 4.74 Å². The van der Waals surface area contributed by atoms with Gasteiger partial charge in [-0.05, 0) is 11.4 Å². The maximum Gasteiger partial charge on any atom is 0.417 e. The van der Waals surface area contributed by atoms with E-state index in [1.165, 1.54) is 16.2 Å². The van der Waals surface area contributed by atoms with E-state index in [0.29, 0.717) is 0 Å². The molecular weight excluding hydrogens is 226 g/mol. The molecule has 1 fully saturated rings. The molecule has 0 spiro atoms. The quantitative estimate of drug-likeness (QED) is 0.796. The molecule has 1 atom stereocenters. The van der Waals surface area contributed by atoms with E-state index in [1.54, 1.807) is 13.8 Å². The summed E-state index contributed by atoms with van der Waals surface area (Å²) >= 11 is 1.53. The van der Waals surface area contributed by atoms with Crippen LogP contribution in [0.25, 0.3) is 0 Å². The van der Waals surface area contributed by atoms with E-state index in [-0.39, 0.29) is 24.5 Å². The summed E-state index contributed by atoms with van der Waals surface area (Å²) in [6.45, 7) is 3.82. The van der Waals surface area contributed by atoms with Crippen LogP contribution in [0.2, 0.25) is 0 Å². The van der Waals surface area contributed by atoms with E-state index in [9.17, 15) is 9.59 Å². The van der Waals surface area contributed by atoms with E-state index < -0.39 is 6.09 Å². The van der Waals surface area contributed by atoms with Crippen molar-refractivity contribution in [2.75, 3.05) is 6.61 Å². The molecular formula is C11H13NO3S. The predicted molar refractivity (Wildman–Crippen MR) is 60.1 cm³/mol. The van der Waals surface area contributed by atoms with Crippen LogP contribution in [0.4, 0.5) is 4.79 Å². The van der Waals surface area contributed by atoms with Crippen molar-refractivity contribution in [3.05, 3.63) is 22.4 Å². The predicted octanol–water partition coefficient (Wildman–Crippen LogP) is 2.42. The van der Waals surface area contributed by atoms with Gasteiger partial charge in [-0.1, -0.05) is 19.9 Å². The number of amides is 2. The lowest BCUT2D eigenvalue weighted by Crippen LogP contribution is -2.36. The molecule has 86 valence electrons. The molecule has 2 rings (SSSR count). The molecule has 2 heterocycles. The summed E-state index contributed by atoms with van der Waals surface area (Å²) in [6, 6.07) is 3.57. The van der Waals surface area contributed by atoms with Crippen molar-refractivity contribution in [1.82, 2.24) is 4.90 Å². The second-order valence-electron chi connectivity index (χ2n) is 3.97. The molecule has 0 aliphatic carbocycles. The second-order valence-corrected chi connectivity index (χ2v) is 4.95. The van der Waals surface area contributed by atoms with Gasteiger partial charge in [0.25, 0.3) is 0 Å². The third-order valence-electron chi connectivity index (χ3n) is 2.48. The highest BCUT2D eigenvalue weighted by atomic mass is 32.1. The zero-order chi connectivity index (χ0) is 11.7. The lowest BCUT2D eigenvalue weighted by Gasteiger charge is -2.20. The summed E-state index contributed by atoms with van der Waals surface area (Å²) in [4.78, 5) is 25.6. The summed E-state index contributed by atoms with van der Waals surface area (Å²) < 4.78 is 4.95. The molecule has 0 aromatic carbocycles. The maximum absolute atomic E-state index is 11.9. The van der Waals surface area contributed by atoms with Crippen molar-refractivity contribution in [3.63, 3.8) is 0 Å². The number of cyclic esters (lactones) is 1. The largest absolute Gasteiger partial charge is 0.446 e. The number of rotatable bonds is 2. The minimum atomic E-state index is -0.530. The molecule has 5 heteroatoms. The summed E-state index contributed by atoms with van der Waals surface area (Å²) in [5, 5.41) is 1.93. The molecule has 1 aliphatic heterocycles. The minimum absolute atomic E-state index is 0.180. The number of thiophene rings is 1. The highest BCUT2D eigenvalue weighted by molar-refractivity contribution is 7.10. The molecule has 0 unspecified atom stereocenters. The summed E-state index contributed by atoms with van der Waals surface area (Å²) in [7, 11) is 0. The fraction of sp³-hybridized carbons (Fsp3) is 0.455. The number of ether oxygens (including phenoxy) is 1. The first kappa shape index (κ1) is 11.1. The third-order valence-corrected chi connectivity index (χ3v) is 3.45. The number of carbonyl (C=O) groups excluding carboxylic acids is 2. The van der Waals surface area contributed by atoms with E-state index in [0.717, 1.165) is 4.88 Å². The number of nitrogens with zero attached hydrogens (tertiary/aromatic N) is 1. The highest BCUT2D eigenvalue weighted by Crippen LogP contribution is 2.31. The van der Waals surface area contributed by atoms with Crippen LogP contribution in [0.1, 0.15) is 24.8 Å². The number of hydrogen-bond acceptors (Lipinski definition) is 4. The van der Waals surface area contributed by atoms with Gasteiger partial charge >= 0.3 is 6.09 Å². The maximum atomic E-state index is 11.9. The molecule has 0 radical (unpaired) electrons. The topological polar surface area (TPSA) is 46.6 Å². The average molecular weight is 239 g/mol. The van der Waals surface area contributed by atoms with Gasteiger partial charge in [0.15, 0.2) is 0 Å². The van der Waals surface area contributed by atoms with Crippen LogP contribution in [-0.2, 0) is 9.53 Å². The fourth-order valence-electron chi connectivity index (χ4n) is 1.63.